The Morgan fingerprint density at radius 2 is 2.25 bits per heavy atom. The molecule has 1 aliphatic rings. The highest BCUT2D eigenvalue weighted by molar-refractivity contribution is 5.93. The standard InChI is InChI=1S/C8H11FN2O/c1-5(2)11-4-7(9)8(12)10-6(11)3/h4-5H,3H2,1-2H3,(H,10,12). The fourth-order valence-electron chi connectivity index (χ4n) is 0.975. The van der Waals surface area contributed by atoms with Crippen LogP contribution < -0.4 is 5.32 Å². The zero-order chi connectivity index (χ0) is 9.30. The first-order valence-corrected chi connectivity index (χ1v) is 3.68. The monoisotopic (exact) mass is 170 g/mol. The van der Waals surface area contributed by atoms with Gasteiger partial charge < -0.3 is 10.2 Å². The van der Waals surface area contributed by atoms with E-state index < -0.39 is 11.7 Å². The van der Waals surface area contributed by atoms with Gasteiger partial charge in [-0.05, 0) is 13.8 Å². The van der Waals surface area contributed by atoms with E-state index in [0.717, 1.165) is 6.20 Å². The van der Waals surface area contributed by atoms with Gasteiger partial charge in [-0.3, -0.25) is 4.79 Å². The third-order valence-electron chi connectivity index (χ3n) is 1.60. The number of carbonyl (C=O) groups is 1. The molecule has 1 heterocycles. The Bertz CT molecular complexity index is 258. The molecule has 3 nitrogen and oxygen atoms in total. The van der Waals surface area contributed by atoms with Crippen molar-refractivity contribution in [3.63, 3.8) is 0 Å². The maximum atomic E-state index is 12.7. The maximum absolute atomic E-state index is 12.7. The third-order valence-corrected chi connectivity index (χ3v) is 1.60. The summed E-state index contributed by atoms with van der Waals surface area (Å²) in [7, 11) is 0. The van der Waals surface area contributed by atoms with Crippen molar-refractivity contribution >= 4 is 5.91 Å². The molecule has 1 amide bonds. The van der Waals surface area contributed by atoms with Crippen molar-refractivity contribution in [1.29, 1.82) is 0 Å². The average molecular weight is 170 g/mol. The van der Waals surface area contributed by atoms with E-state index in [1.165, 1.54) is 0 Å². The Labute approximate surface area is 70.5 Å². The molecule has 4 heteroatoms. The molecule has 0 aromatic carbocycles. The van der Waals surface area contributed by atoms with Crippen molar-refractivity contribution in [2.75, 3.05) is 0 Å². The van der Waals surface area contributed by atoms with Gasteiger partial charge in [-0.2, -0.15) is 4.39 Å². The van der Waals surface area contributed by atoms with Crippen LogP contribution >= 0.6 is 0 Å². The summed E-state index contributed by atoms with van der Waals surface area (Å²) >= 11 is 0. The third kappa shape index (κ3) is 1.47. The molecule has 12 heavy (non-hydrogen) atoms. The summed E-state index contributed by atoms with van der Waals surface area (Å²) in [4.78, 5) is 12.3. The van der Waals surface area contributed by atoms with E-state index in [1.54, 1.807) is 4.90 Å². The zero-order valence-corrected chi connectivity index (χ0v) is 7.10. The summed E-state index contributed by atoms with van der Waals surface area (Å²) in [6.07, 6.45) is 1.16. The SMILES string of the molecule is C=C1NC(=O)C(F)=CN1C(C)C. The van der Waals surface area contributed by atoms with Crippen LogP contribution in [-0.2, 0) is 4.79 Å². The molecule has 0 radical (unpaired) electrons. The van der Waals surface area contributed by atoms with Crippen molar-refractivity contribution < 1.29 is 9.18 Å². The minimum absolute atomic E-state index is 0.0869. The lowest BCUT2D eigenvalue weighted by Gasteiger charge is -2.29. The molecule has 0 atom stereocenters. The quantitative estimate of drug-likeness (QED) is 0.639. The van der Waals surface area contributed by atoms with E-state index in [1.807, 2.05) is 13.8 Å². The van der Waals surface area contributed by atoms with Gasteiger partial charge in [0.2, 0.25) is 5.83 Å². The van der Waals surface area contributed by atoms with E-state index >= 15 is 0 Å². The molecule has 1 aliphatic heterocycles. The van der Waals surface area contributed by atoms with Crippen LogP contribution in [0.1, 0.15) is 13.8 Å². The molecule has 1 rings (SSSR count). The number of rotatable bonds is 1. The van der Waals surface area contributed by atoms with E-state index in [2.05, 4.69) is 11.9 Å². The summed E-state index contributed by atoms with van der Waals surface area (Å²) in [5.41, 5.74) is 0. The van der Waals surface area contributed by atoms with Crippen LogP contribution in [0.3, 0.4) is 0 Å². The van der Waals surface area contributed by atoms with Crippen molar-refractivity contribution in [3.8, 4) is 0 Å². The Morgan fingerprint density at radius 3 is 2.75 bits per heavy atom. The van der Waals surface area contributed by atoms with Crippen LogP contribution in [0.2, 0.25) is 0 Å². The van der Waals surface area contributed by atoms with Crippen LogP contribution in [0.25, 0.3) is 0 Å². The Hall–Kier alpha value is -1.32. The lowest BCUT2D eigenvalue weighted by atomic mass is 10.3. The smallest absolute Gasteiger partial charge is 0.287 e. The first kappa shape index (κ1) is 8.77. The van der Waals surface area contributed by atoms with Gasteiger partial charge in [0, 0.05) is 12.2 Å². The lowest BCUT2D eigenvalue weighted by molar-refractivity contribution is -0.119. The Morgan fingerprint density at radius 1 is 1.67 bits per heavy atom. The number of nitrogens with one attached hydrogen (secondary N) is 1. The van der Waals surface area contributed by atoms with Crippen LogP contribution in [0, 0.1) is 0 Å². The van der Waals surface area contributed by atoms with E-state index in [4.69, 9.17) is 0 Å². The molecule has 66 valence electrons. The molecule has 0 aromatic heterocycles. The van der Waals surface area contributed by atoms with Gasteiger partial charge in [-0.1, -0.05) is 6.58 Å². The summed E-state index contributed by atoms with van der Waals surface area (Å²) in [5, 5.41) is 2.31. The molecule has 0 aliphatic carbocycles. The number of halogens is 1. The maximum Gasteiger partial charge on any atom is 0.287 e. The highest BCUT2D eigenvalue weighted by atomic mass is 19.1. The number of amides is 1. The fraction of sp³-hybridized carbons (Fsp3) is 0.375. The van der Waals surface area contributed by atoms with Crippen LogP contribution in [0.5, 0.6) is 0 Å². The average Bonchev–Trinajstić information content (AvgIpc) is 1.96. The van der Waals surface area contributed by atoms with Crippen molar-refractivity contribution in [2.45, 2.75) is 19.9 Å². The predicted molar refractivity (Wildman–Crippen MR) is 43.4 cm³/mol. The first-order chi connectivity index (χ1) is 5.52. The zero-order valence-electron chi connectivity index (χ0n) is 7.10. The minimum atomic E-state index is -0.781. The van der Waals surface area contributed by atoms with Crippen molar-refractivity contribution in [3.05, 3.63) is 24.4 Å². The molecule has 0 saturated heterocycles. The van der Waals surface area contributed by atoms with Gasteiger partial charge in [0.1, 0.15) is 5.82 Å². The van der Waals surface area contributed by atoms with Gasteiger partial charge in [0.15, 0.2) is 0 Å². The van der Waals surface area contributed by atoms with Gasteiger partial charge >= 0.3 is 0 Å². The summed E-state index contributed by atoms with van der Waals surface area (Å²) in [6, 6.07) is 0.0869. The number of carbonyl (C=O) groups excluding carboxylic acids is 1. The second kappa shape index (κ2) is 2.97. The molecule has 0 spiro atoms. The molecule has 0 unspecified atom stereocenters. The topological polar surface area (TPSA) is 32.3 Å². The van der Waals surface area contributed by atoms with Gasteiger partial charge in [-0.15, -0.1) is 0 Å². The summed E-state index contributed by atoms with van der Waals surface area (Å²) in [5.74, 6) is -1.09. The number of hydrogen-bond acceptors (Lipinski definition) is 2. The van der Waals surface area contributed by atoms with Crippen LogP contribution in [-0.4, -0.2) is 16.8 Å². The molecule has 0 fully saturated rings. The molecule has 1 N–H and O–H groups in total. The number of hydrogen-bond donors (Lipinski definition) is 1. The molecule has 0 saturated carbocycles. The van der Waals surface area contributed by atoms with Crippen LogP contribution in [0.15, 0.2) is 24.4 Å². The van der Waals surface area contributed by atoms with Crippen molar-refractivity contribution in [1.82, 2.24) is 10.2 Å². The molecule has 0 aromatic rings. The number of nitrogens with zero attached hydrogens (tertiary/aromatic N) is 1. The van der Waals surface area contributed by atoms with Crippen molar-refractivity contribution in [2.24, 2.45) is 0 Å². The highest BCUT2D eigenvalue weighted by Crippen LogP contribution is 2.14. The molecular formula is C8H11FN2O. The second-order valence-electron chi connectivity index (χ2n) is 2.88. The summed E-state index contributed by atoms with van der Waals surface area (Å²) < 4.78 is 12.7. The van der Waals surface area contributed by atoms with Crippen LogP contribution in [0.4, 0.5) is 4.39 Å². The van der Waals surface area contributed by atoms with Gasteiger partial charge in [0.05, 0.1) is 0 Å². The van der Waals surface area contributed by atoms with Gasteiger partial charge in [-0.25, -0.2) is 0 Å². The summed E-state index contributed by atoms with van der Waals surface area (Å²) in [6.45, 7) is 7.35. The second-order valence-corrected chi connectivity index (χ2v) is 2.88. The highest BCUT2D eigenvalue weighted by Gasteiger charge is 2.21. The fourth-order valence-corrected chi connectivity index (χ4v) is 0.975. The minimum Gasteiger partial charge on any atom is -0.329 e. The van der Waals surface area contributed by atoms with E-state index in [-0.39, 0.29) is 6.04 Å². The lowest BCUT2D eigenvalue weighted by Crippen LogP contribution is -2.40. The Balaban J connectivity index is 2.90. The Kier molecular flexibility index (Phi) is 2.17. The predicted octanol–water partition coefficient (Wildman–Crippen LogP) is 1.11. The van der Waals surface area contributed by atoms with Gasteiger partial charge in [0.25, 0.3) is 5.91 Å². The molecule has 0 bridgehead atoms. The van der Waals surface area contributed by atoms with E-state index in [0.29, 0.717) is 5.82 Å². The molecular weight excluding hydrogens is 159 g/mol. The largest absolute Gasteiger partial charge is 0.329 e. The first-order valence-electron chi connectivity index (χ1n) is 3.68. The normalized spacial score (nSPS) is 18.0. The van der Waals surface area contributed by atoms with E-state index in [9.17, 15) is 9.18 Å².